The molecule has 0 saturated carbocycles. The van der Waals surface area contributed by atoms with E-state index in [9.17, 15) is 9.59 Å². The average Bonchev–Trinajstić information content (AvgIpc) is 2.78. The minimum atomic E-state index is -0.249. The highest BCUT2D eigenvalue weighted by Gasteiger charge is 2.22. The number of carbonyl (C=O) groups is 1. The van der Waals surface area contributed by atoms with Crippen LogP contribution in [0.1, 0.15) is 28.7 Å². The largest absolute Gasteiger partial charge is 0.380 e. The Balaban J connectivity index is 1.38. The summed E-state index contributed by atoms with van der Waals surface area (Å²) in [7, 11) is 1.57. The Morgan fingerprint density at radius 1 is 1.26 bits per heavy atom. The van der Waals surface area contributed by atoms with E-state index in [0.717, 1.165) is 68.3 Å². The van der Waals surface area contributed by atoms with Gasteiger partial charge in [0.15, 0.2) is 5.15 Å². The number of hydrogen-bond donors (Lipinski definition) is 3. The van der Waals surface area contributed by atoms with E-state index >= 15 is 0 Å². The minimum Gasteiger partial charge on any atom is -0.380 e. The van der Waals surface area contributed by atoms with Crippen molar-refractivity contribution in [3.8, 4) is 0 Å². The second-order valence-corrected chi connectivity index (χ2v) is 8.17. The van der Waals surface area contributed by atoms with Gasteiger partial charge >= 0.3 is 0 Å². The molecule has 2 aromatic rings. The predicted molar refractivity (Wildman–Crippen MR) is 124 cm³/mol. The Hall–Kier alpha value is -2.84. The van der Waals surface area contributed by atoms with Crippen LogP contribution in [0.2, 0.25) is 5.15 Å². The molecule has 0 aromatic carbocycles. The number of H-pyrrole nitrogens is 1. The average molecular weight is 443 g/mol. The van der Waals surface area contributed by atoms with E-state index < -0.39 is 0 Å². The van der Waals surface area contributed by atoms with Gasteiger partial charge in [0.2, 0.25) is 0 Å². The molecule has 4 heterocycles. The van der Waals surface area contributed by atoms with E-state index in [1.807, 2.05) is 19.1 Å². The molecule has 0 bridgehead atoms. The summed E-state index contributed by atoms with van der Waals surface area (Å²) in [5.74, 6) is -0.249. The van der Waals surface area contributed by atoms with Crippen LogP contribution >= 0.6 is 11.6 Å². The molecule has 4 rings (SSSR count). The van der Waals surface area contributed by atoms with Crippen molar-refractivity contribution < 1.29 is 4.79 Å². The van der Waals surface area contributed by atoms with Gasteiger partial charge in [-0.15, -0.1) is 0 Å². The van der Waals surface area contributed by atoms with Gasteiger partial charge in [-0.05, 0) is 36.3 Å². The molecule has 2 aromatic heterocycles. The number of amides is 1. The normalized spacial score (nSPS) is 16.4. The molecule has 0 atom stereocenters. The summed E-state index contributed by atoms with van der Waals surface area (Å²) in [4.78, 5) is 35.7. The molecule has 164 valence electrons. The molecule has 0 spiro atoms. The van der Waals surface area contributed by atoms with Crippen molar-refractivity contribution in [2.24, 2.45) is 0 Å². The van der Waals surface area contributed by atoms with Crippen molar-refractivity contribution in [2.75, 3.05) is 56.5 Å². The van der Waals surface area contributed by atoms with Crippen molar-refractivity contribution in [3.05, 3.63) is 56.2 Å². The summed E-state index contributed by atoms with van der Waals surface area (Å²) < 4.78 is 0. The lowest BCUT2D eigenvalue weighted by atomic mass is 10.1. The second kappa shape index (κ2) is 9.11. The number of pyridine rings is 2. The number of hydrogen-bond acceptors (Lipinski definition) is 6. The van der Waals surface area contributed by atoms with Crippen LogP contribution in [-0.4, -0.2) is 67.1 Å². The summed E-state index contributed by atoms with van der Waals surface area (Å²) in [5.41, 5.74) is 5.05. The molecule has 1 saturated heterocycles. The first-order valence-corrected chi connectivity index (χ1v) is 10.9. The Morgan fingerprint density at radius 2 is 2.03 bits per heavy atom. The van der Waals surface area contributed by atoms with Crippen LogP contribution in [0.5, 0.6) is 0 Å². The lowest BCUT2D eigenvalue weighted by molar-refractivity contribution is 0.0958. The molecule has 8 nitrogen and oxygen atoms in total. The third-order valence-electron chi connectivity index (χ3n) is 5.81. The Morgan fingerprint density at radius 3 is 2.71 bits per heavy atom. The number of aromatic amines is 1. The molecule has 2 aliphatic rings. The van der Waals surface area contributed by atoms with Crippen molar-refractivity contribution in [1.82, 2.24) is 20.2 Å². The zero-order valence-corrected chi connectivity index (χ0v) is 18.6. The highest BCUT2D eigenvalue weighted by atomic mass is 35.5. The van der Waals surface area contributed by atoms with Crippen LogP contribution in [0.15, 0.2) is 28.6 Å². The second-order valence-electron chi connectivity index (χ2n) is 7.81. The molecule has 0 radical (unpaired) electrons. The number of halogens is 1. The number of anilines is 2. The number of aromatic nitrogens is 2. The zero-order chi connectivity index (χ0) is 22.0. The van der Waals surface area contributed by atoms with Crippen LogP contribution in [0.4, 0.5) is 11.4 Å². The number of aryl methyl sites for hydroxylation is 1. The fraction of sp³-hybridized carbons (Fsp3) is 0.409. The van der Waals surface area contributed by atoms with Gasteiger partial charge in [0.05, 0.1) is 17.1 Å². The Bertz CT molecular complexity index is 1070. The molecule has 1 amide bonds. The number of nitrogens with zero attached hydrogens (tertiary/aromatic N) is 3. The highest BCUT2D eigenvalue weighted by molar-refractivity contribution is 6.32. The maximum absolute atomic E-state index is 12.1. The third kappa shape index (κ3) is 4.60. The third-order valence-corrected chi connectivity index (χ3v) is 6.09. The number of rotatable bonds is 5. The highest BCUT2D eigenvalue weighted by Crippen LogP contribution is 2.26. The smallest absolute Gasteiger partial charge is 0.269 e. The number of piperazine rings is 1. The van der Waals surface area contributed by atoms with Crippen LogP contribution in [0, 0.1) is 0 Å². The van der Waals surface area contributed by atoms with Crippen molar-refractivity contribution in [3.63, 3.8) is 0 Å². The first-order valence-electron chi connectivity index (χ1n) is 10.5. The van der Waals surface area contributed by atoms with E-state index in [1.54, 1.807) is 13.1 Å². The van der Waals surface area contributed by atoms with Gasteiger partial charge in [-0.1, -0.05) is 18.5 Å². The SMILES string of the molecule is CCc1cc2c([nH]c1=O)C=C(CN1CCN(c3ccc(C(=O)NC)nc3Cl)CC1)CN2. The van der Waals surface area contributed by atoms with Gasteiger partial charge in [0.25, 0.3) is 11.5 Å². The standard InChI is InChI=1S/C22H27ClN6O2/c1-3-15-11-17-18(27-21(15)30)10-14(12-25-17)13-28-6-8-29(9-7-28)19-5-4-16(22(31)24-2)26-20(19)23/h4-5,10-11,25H,3,6-9,12-13H2,1-2H3,(H,24,31)(H,27,30). The fourth-order valence-corrected chi connectivity index (χ4v) is 4.30. The van der Waals surface area contributed by atoms with Gasteiger partial charge in [0, 0.05) is 51.9 Å². The van der Waals surface area contributed by atoms with E-state index in [0.29, 0.717) is 10.8 Å². The maximum Gasteiger partial charge on any atom is 0.269 e. The maximum atomic E-state index is 12.1. The van der Waals surface area contributed by atoms with Gasteiger partial charge < -0.3 is 20.5 Å². The molecule has 2 aliphatic heterocycles. The summed E-state index contributed by atoms with van der Waals surface area (Å²) in [5, 5.41) is 6.34. The van der Waals surface area contributed by atoms with E-state index in [2.05, 4.69) is 36.5 Å². The predicted octanol–water partition coefficient (Wildman–Crippen LogP) is 1.98. The molecule has 0 aliphatic carbocycles. The molecule has 0 unspecified atom stereocenters. The summed E-state index contributed by atoms with van der Waals surface area (Å²) >= 11 is 6.35. The lowest BCUT2D eigenvalue weighted by Gasteiger charge is -2.37. The fourth-order valence-electron chi connectivity index (χ4n) is 4.03. The number of carbonyl (C=O) groups excluding carboxylic acids is 1. The zero-order valence-electron chi connectivity index (χ0n) is 17.8. The molecule has 9 heteroatoms. The van der Waals surface area contributed by atoms with E-state index in [-0.39, 0.29) is 11.5 Å². The van der Waals surface area contributed by atoms with Crippen LogP contribution < -0.4 is 21.1 Å². The van der Waals surface area contributed by atoms with Gasteiger partial charge in [0.1, 0.15) is 5.69 Å². The monoisotopic (exact) mass is 442 g/mol. The Kier molecular flexibility index (Phi) is 6.29. The van der Waals surface area contributed by atoms with Crippen molar-refractivity contribution in [1.29, 1.82) is 0 Å². The molecule has 3 N–H and O–H groups in total. The number of fused-ring (bicyclic) bond motifs is 1. The topological polar surface area (TPSA) is 93.4 Å². The van der Waals surface area contributed by atoms with Crippen LogP contribution in [-0.2, 0) is 6.42 Å². The minimum absolute atomic E-state index is 0.0120. The first kappa shape index (κ1) is 21.4. The van der Waals surface area contributed by atoms with Gasteiger partial charge in [-0.25, -0.2) is 4.98 Å². The number of nitrogens with one attached hydrogen (secondary N) is 3. The van der Waals surface area contributed by atoms with Crippen molar-refractivity contribution >= 4 is 35.0 Å². The van der Waals surface area contributed by atoms with E-state index in [4.69, 9.17) is 11.6 Å². The van der Waals surface area contributed by atoms with E-state index in [1.165, 1.54) is 5.57 Å². The summed E-state index contributed by atoms with van der Waals surface area (Å²) in [6.45, 7) is 7.05. The molecular weight excluding hydrogens is 416 g/mol. The first-order chi connectivity index (χ1) is 15.0. The molecular formula is C22H27ClN6O2. The molecule has 1 fully saturated rings. The summed E-state index contributed by atoms with van der Waals surface area (Å²) in [6.07, 6.45) is 2.82. The quantitative estimate of drug-likeness (QED) is 0.613. The van der Waals surface area contributed by atoms with Gasteiger partial charge in [-0.3, -0.25) is 14.5 Å². The lowest BCUT2D eigenvalue weighted by Crippen LogP contribution is -2.47. The Labute approximate surface area is 186 Å². The summed E-state index contributed by atoms with van der Waals surface area (Å²) in [6, 6.07) is 5.52. The molecule has 31 heavy (non-hydrogen) atoms. The van der Waals surface area contributed by atoms with Crippen molar-refractivity contribution in [2.45, 2.75) is 13.3 Å². The van der Waals surface area contributed by atoms with Crippen LogP contribution in [0.3, 0.4) is 0 Å². The van der Waals surface area contributed by atoms with Gasteiger partial charge in [-0.2, -0.15) is 0 Å². The van der Waals surface area contributed by atoms with Crippen LogP contribution in [0.25, 0.3) is 6.08 Å².